The molecule has 2 aromatic rings. The number of Topliss-reactive ketones (excluding diaryl/α,β-unsaturated/α-hetero) is 1. The fraction of sp³-hybridized carbons (Fsp3) is 0.391. The van der Waals surface area contributed by atoms with Crippen molar-refractivity contribution < 1.29 is 23.8 Å². The fourth-order valence-corrected chi connectivity index (χ4v) is 4.08. The van der Waals surface area contributed by atoms with E-state index in [2.05, 4.69) is 18.7 Å². The molecule has 166 valence electrons. The number of carbonyl (C=O) groups is 2. The topological polar surface area (TPSA) is 83.2 Å². The molecule has 1 aliphatic rings. The number of ether oxygens (including phenoxy) is 1. The maximum Gasteiger partial charge on any atom is 0.295 e. The molecule has 1 amide bonds. The van der Waals surface area contributed by atoms with Gasteiger partial charge in [0.1, 0.15) is 23.3 Å². The number of hydrogen-bond donors (Lipinski definition) is 1. The summed E-state index contributed by atoms with van der Waals surface area (Å²) in [4.78, 5) is 29.5. The first-order valence-corrected chi connectivity index (χ1v) is 10.7. The number of aliphatic hydroxyl groups excluding tert-OH is 1. The molecule has 0 saturated carbocycles. The van der Waals surface area contributed by atoms with Crippen LogP contribution in [0.25, 0.3) is 5.76 Å². The Bertz CT molecular complexity index is 966. The van der Waals surface area contributed by atoms with Crippen molar-refractivity contribution in [2.24, 2.45) is 0 Å². The van der Waals surface area contributed by atoms with Crippen LogP contribution >= 0.6 is 11.6 Å². The Kier molecular flexibility index (Phi) is 7.41. The standard InChI is InChI=1S/C23H27ClN2O5/c1-4-25(5-2)11-7-12-26-20(18-8-6-13-31-18)19(22(28)23(26)29)21(27)15-9-10-17(30-3)16(24)14-15/h6,8-10,13-14,20,27H,4-5,7,11-12H2,1-3H3. The minimum absolute atomic E-state index is 0.0102. The second kappa shape index (κ2) is 10.0. The van der Waals surface area contributed by atoms with Crippen molar-refractivity contribution in [1.29, 1.82) is 0 Å². The van der Waals surface area contributed by atoms with Crippen molar-refractivity contribution in [2.45, 2.75) is 26.3 Å². The summed E-state index contributed by atoms with van der Waals surface area (Å²) in [7, 11) is 1.49. The summed E-state index contributed by atoms with van der Waals surface area (Å²) >= 11 is 6.19. The van der Waals surface area contributed by atoms with E-state index in [1.54, 1.807) is 24.3 Å². The van der Waals surface area contributed by atoms with Crippen LogP contribution in [0, 0.1) is 0 Å². The van der Waals surface area contributed by atoms with Gasteiger partial charge in [-0.25, -0.2) is 0 Å². The van der Waals surface area contributed by atoms with Gasteiger partial charge >= 0.3 is 0 Å². The molecule has 1 aliphatic heterocycles. The van der Waals surface area contributed by atoms with Crippen LogP contribution in [0.5, 0.6) is 5.75 Å². The molecule has 7 nitrogen and oxygen atoms in total. The van der Waals surface area contributed by atoms with Gasteiger partial charge in [0.05, 0.1) is 24.0 Å². The molecule has 0 radical (unpaired) electrons. The average molecular weight is 447 g/mol. The van der Waals surface area contributed by atoms with Gasteiger partial charge in [-0.2, -0.15) is 0 Å². The lowest BCUT2D eigenvalue weighted by molar-refractivity contribution is -0.140. The fourth-order valence-electron chi connectivity index (χ4n) is 3.83. The molecule has 1 N–H and O–H groups in total. The van der Waals surface area contributed by atoms with Gasteiger partial charge in [-0.15, -0.1) is 0 Å². The highest BCUT2D eigenvalue weighted by molar-refractivity contribution is 6.46. The molecule has 1 fully saturated rings. The van der Waals surface area contributed by atoms with Crippen LogP contribution < -0.4 is 4.74 Å². The zero-order valence-corrected chi connectivity index (χ0v) is 18.7. The molecule has 0 aliphatic carbocycles. The largest absolute Gasteiger partial charge is 0.507 e. The van der Waals surface area contributed by atoms with Crippen LogP contribution in [0.15, 0.2) is 46.6 Å². The van der Waals surface area contributed by atoms with E-state index in [-0.39, 0.29) is 16.4 Å². The Hall–Kier alpha value is -2.77. The summed E-state index contributed by atoms with van der Waals surface area (Å²) in [5, 5.41) is 11.3. The third-order valence-electron chi connectivity index (χ3n) is 5.55. The Balaban J connectivity index is 1.98. The minimum Gasteiger partial charge on any atom is -0.507 e. The Morgan fingerprint density at radius 3 is 2.58 bits per heavy atom. The van der Waals surface area contributed by atoms with E-state index in [0.717, 1.165) is 19.6 Å². The zero-order chi connectivity index (χ0) is 22.5. The van der Waals surface area contributed by atoms with Crippen molar-refractivity contribution in [2.75, 3.05) is 33.3 Å². The number of methoxy groups -OCH3 is 1. The highest BCUT2D eigenvalue weighted by atomic mass is 35.5. The number of amides is 1. The van der Waals surface area contributed by atoms with Crippen LogP contribution in [0.4, 0.5) is 0 Å². The SMILES string of the molecule is CCN(CC)CCCN1C(=O)C(=O)C(=C(O)c2ccc(OC)c(Cl)c2)C1c1ccco1. The molecular formula is C23H27ClN2O5. The molecule has 31 heavy (non-hydrogen) atoms. The third kappa shape index (κ3) is 4.62. The molecule has 1 aromatic carbocycles. The summed E-state index contributed by atoms with van der Waals surface area (Å²) in [5.74, 6) is -0.827. The Labute approximate surface area is 186 Å². The van der Waals surface area contributed by atoms with Crippen LogP contribution in [-0.2, 0) is 9.59 Å². The molecule has 1 saturated heterocycles. The number of nitrogens with zero attached hydrogens (tertiary/aromatic N) is 2. The van der Waals surface area contributed by atoms with E-state index in [4.69, 9.17) is 20.8 Å². The zero-order valence-electron chi connectivity index (χ0n) is 17.9. The number of rotatable bonds is 9. The van der Waals surface area contributed by atoms with Crippen molar-refractivity contribution in [3.8, 4) is 5.75 Å². The Morgan fingerprint density at radius 1 is 1.26 bits per heavy atom. The van der Waals surface area contributed by atoms with Gasteiger partial charge in [-0.3, -0.25) is 9.59 Å². The molecular weight excluding hydrogens is 420 g/mol. The van der Waals surface area contributed by atoms with Crippen molar-refractivity contribution in [1.82, 2.24) is 9.80 Å². The summed E-state index contributed by atoms with van der Waals surface area (Å²) in [5.41, 5.74) is 0.313. The van der Waals surface area contributed by atoms with E-state index in [1.165, 1.54) is 24.3 Å². The molecule has 1 unspecified atom stereocenters. The van der Waals surface area contributed by atoms with Crippen molar-refractivity contribution in [3.05, 3.63) is 58.5 Å². The van der Waals surface area contributed by atoms with Crippen LogP contribution in [0.3, 0.4) is 0 Å². The summed E-state index contributed by atoms with van der Waals surface area (Å²) in [6.07, 6.45) is 2.18. The van der Waals surface area contributed by atoms with Gasteiger partial charge in [-0.1, -0.05) is 25.4 Å². The van der Waals surface area contributed by atoms with E-state index in [9.17, 15) is 14.7 Å². The highest BCUT2D eigenvalue weighted by Crippen LogP contribution is 2.40. The summed E-state index contributed by atoms with van der Waals surface area (Å²) in [6, 6.07) is 7.28. The van der Waals surface area contributed by atoms with Crippen molar-refractivity contribution >= 4 is 29.1 Å². The number of hydrogen-bond acceptors (Lipinski definition) is 6. The van der Waals surface area contributed by atoms with E-state index >= 15 is 0 Å². The molecule has 2 heterocycles. The lowest BCUT2D eigenvalue weighted by Crippen LogP contribution is -2.33. The van der Waals surface area contributed by atoms with Crippen LogP contribution in [0.1, 0.15) is 37.6 Å². The second-order valence-electron chi connectivity index (χ2n) is 7.24. The lowest BCUT2D eigenvalue weighted by Gasteiger charge is -2.25. The quantitative estimate of drug-likeness (QED) is 0.355. The van der Waals surface area contributed by atoms with Gasteiger partial charge in [0.15, 0.2) is 0 Å². The minimum atomic E-state index is -0.799. The molecule has 0 spiro atoms. The lowest BCUT2D eigenvalue weighted by atomic mass is 9.99. The normalized spacial score (nSPS) is 18.2. The first-order valence-electron chi connectivity index (χ1n) is 10.3. The number of halogens is 1. The number of likely N-dealkylation sites (tertiary alicyclic amines) is 1. The number of ketones is 1. The van der Waals surface area contributed by atoms with E-state index in [1.807, 2.05) is 0 Å². The van der Waals surface area contributed by atoms with Crippen LogP contribution in [-0.4, -0.2) is 59.9 Å². The first-order chi connectivity index (χ1) is 14.9. The van der Waals surface area contributed by atoms with E-state index < -0.39 is 17.7 Å². The average Bonchev–Trinajstić information content (AvgIpc) is 3.38. The molecule has 1 atom stereocenters. The number of aliphatic hydroxyl groups is 1. The molecule has 3 rings (SSSR count). The van der Waals surface area contributed by atoms with Gasteiger partial charge in [0, 0.05) is 12.1 Å². The van der Waals surface area contributed by atoms with Gasteiger partial charge in [-0.05, 0) is 56.4 Å². The van der Waals surface area contributed by atoms with Gasteiger partial charge in [0.25, 0.3) is 11.7 Å². The maximum atomic E-state index is 12.9. The number of benzene rings is 1. The smallest absolute Gasteiger partial charge is 0.295 e. The molecule has 0 bridgehead atoms. The second-order valence-corrected chi connectivity index (χ2v) is 7.64. The summed E-state index contributed by atoms with van der Waals surface area (Å²) < 4.78 is 10.7. The Morgan fingerprint density at radius 2 is 2.00 bits per heavy atom. The predicted octanol–water partition coefficient (Wildman–Crippen LogP) is 4.10. The third-order valence-corrected chi connectivity index (χ3v) is 5.84. The van der Waals surface area contributed by atoms with E-state index in [0.29, 0.717) is 30.0 Å². The predicted molar refractivity (Wildman–Crippen MR) is 118 cm³/mol. The van der Waals surface area contributed by atoms with Gasteiger partial charge < -0.3 is 24.1 Å². The number of carbonyl (C=O) groups excluding carboxylic acids is 2. The summed E-state index contributed by atoms with van der Waals surface area (Å²) in [6.45, 7) is 7.16. The maximum absolute atomic E-state index is 12.9. The van der Waals surface area contributed by atoms with Gasteiger partial charge in [0.2, 0.25) is 0 Å². The highest BCUT2D eigenvalue weighted by Gasteiger charge is 2.47. The first kappa shape index (κ1) is 22.9. The number of furan rings is 1. The monoisotopic (exact) mass is 446 g/mol. The molecule has 8 heteroatoms. The van der Waals surface area contributed by atoms with Crippen LogP contribution in [0.2, 0.25) is 5.02 Å². The van der Waals surface area contributed by atoms with Crippen molar-refractivity contribution in [3.63, 3.8) is 0 Å². The molecule has 1 aromatic heterocycles.